The van der Waals surface area contributed by atoms with Gasteiger partial charge in [-0.1, -0.05) is 73.5 Å². The highest BCUT2D eigenvalue weighted by atomic mass is 79.9. The Bertz CT molecular complexity index is 1310. The highest BCUT2D eigenvalue weighted by Crippen LogP contribution is 2.55. The second-order valence-electron chi connectivity index (χ2n) is 12.2. The summed E-state index contributed by atoms with van der Waals surface area (Å²) in [6, 6.07) is 12.2. The number of Topliss-reactive ketones (excluding diaryl/α,β-unsaturated/α-hetero) is 2. The Labute approximate surface area is 235 Å². The first-order valence-corrected chi connectivity index (χ1v) is 14.3. The van der Waals surface area contributed by atoms with Gasteiger partial charge in [-0.3, -0.25) is 9.59 Å². The van der Waals surface area contributed by atoms with Crippen molar-refractivity contribution in [1.29, 1.82) is 0 Å². The lowest BCUT2D eigenvalue weighted by Crippen LogP contribution is -2.37. The molecule has 194 valence electrons. The first kappa shape index (κ1) is 26.4. The lowest BCUT2D eigenvalue weighted by Gasteiger charge is -2.43. The number of carbonyl (C=O) groups is 2. The minimum Gasteiger partial charge on any atom is -0.487 e. The Kier molecular flexibility index (Phi) is 6.81. The molecule has 0 bridgehead atoms. The van der Waals surface area contributed by atoms with Gasteiger partial charge < -0.3 is 9.47 Å². The molecule has 0 radical (unpaired) electrons. The number of halogens is 2. The summed E-state index contributed by atoms with van der Waals surface area (Å²) in [5.74, 6) is 1.62. The molecule has 1 heterocycles. The molecule has 0 atom stereocenters. The Morgan fingerprint density at radius 3 is 1.95 bits per heavy atom. The van der Waals surface area contributed by atoms with Gasteiger partial charge in [-0.15, -0.1) is 0 Å². The fourth-order valence-corrected chi connectivity index (χ4v) is 7.15. The molecule has 0 amide bonds. The highest BCUT2D eigenvalue weighted by Gasteiger charge is 2.48. The summed E-state index contributed by atoms with van der Waals surface area (Å²) in [5, 5.41) is 0. The maximum absolute atomic E-state index is 13.7. The molecule has 1 aliphatic heterocycles. The summed E-state index contributed by atoms with van der Waals surface area (Å²) in [4.78, 5) is 27.4. The van der Waals surface area contributed by atoms with Gasteiger partial charge in [0.05, 0.1) is 10.4 Å². The van der Waals surface area contributed by atoms with Crippen LogP contribution in [0.5, 0.6) is 5.75 Å². The molecule has 3 aliphatic rings. The second kappa shape index (κ2) is 9.53. The maximum atomic E-state index is 13.7. The number of hydrogen-bond donors (Lipinski definition) is 0. The lowest BCUT2D eigenvalue weighted by atomic mass is 9.65. The molecule has 5 rings (SSSR count). The summed E-state index contributed by atoms with van der Waals surface area (Å²) in [6.07, 6.45) is 2.15. The van der Waals surface area contributed by atoms with Crippen LogP contribution < -0.4 is 4.74 Å². The second-order valence-corrected chi connectivity index (χ2v) is 13.9. The number of carbonyl (C=O) groups excluding carboxylic acids is 2. The Hall–Kier alpha value is -2.18. The zero-order valence-electron chi connectivity index (χ0n) is 22.0. The minimum absolute atomic E-state index is 0.0426. The molecule has 0 fully saturated rings. The van der Waals surface area contributed by atoms with Crippen LogP contribution in [0.25, 0.3) is 0 Å². The van der Waals surface area contributed by atoms with Crippen LogP contribution in [0.15, 0.2) is 68.0 Å². The van der Waals surface area contributed by atoms with Crippen LogP contribution in [0.4, 0.5) is 0 Å². The molecule has 6 heteroatoms. The van der Waals surface area contributed by atoms with E-state index in [2.05, 4.69) is 90.7 Å². The van der Waals surface area contributed by atoms with E-state index in [4.69, 9.17) is 9.47 Å². The molecule has 4 nitrogen and oxygen atoms in total. The van der Waals surface area contributed by atoms with E-state index in [9.17, 15) is 9.59 Å². The van der Waals surface area contributed by atoms with Gasteiger partial charge in [-0.2, -0.15) is 0 Å². The third kappa shape index (κ3) is 5.24. The Balaban J connectivity index is 1.67. The molecule has 37 heavy (non-hydrogen) atoms. The van der Waals surface area contributed by atoms with E-state index in [-0.39, 0.29) is 22.4 Å². The summed E-state index contributed by atoms with van der Waals surface area (Å²) >= 11 is 7.35. The number of benzene rings is 2. The summed E-state index contributed by atoms with van der Waals surface area (Å²) in [7, 11) is 0. The molecule has 0 saturated carbocycles. The van der Waals surface area contributed by atoms with E-state index in [0.717, 1.165) is 20.1 Å². The number of rotatable bonds is 4. The van der Waals surface area contributed by atoms with Gasteiger partial charge in [-0.05, 0) is 51.4 Å². The molecule has 0 unspecified atom stereocenters. The maximum Gasteiger partial charge on any atom is 0.163 e. The molecule has 0 spiro atoms. The summed E-state index contributed by atoms with van der Waals surface area (Å²) < 4.78 is 14.5. The largest absolute Gasteiger partial charge is 0.487 e. The normalized spacial score (nSPS) is 20.9. The zero-order chi connectivity index (χ0) is 26.7. The topological polar surface area (TPSA) is 52.6 Å². The number of ketones is 2. The van der Waals surface area contributed by atoms with E-state index in [1.54, 1.807) is 0 Å². The predicted molar refractivity (Wildman–Crippen MR) is 151 cm³/mol. The number of aryl methyl sites for hydroxylation is 1. The Morgan fingerprint density at radius 1 is 0.865 bits per heavy atom. The summed E-state index contributed by atoms with van der Waals surface area (Å²) in [5.41, 5.74) is 3.85. The molecule has 0 aromatic heterocycles. The molecule has 2 aromatic rings. The molecular weight excluding hydrogens is 596 g/mol. The first-order valence-electron chi connectivity index (χ1n) is 12.7. The van der Waals surface area contributed by atoms with Gasteiger partial charge in [0.15, 0.2) is 11.6 Å². The number of allylic oxidation sites excluding steroid dienone is 4. The first-order chi connectivity index (χ1) is 17.3. The SMILES string of the molecule is Cc1ccc(COc2c(Br)cc(Br)cc2C2C3=C(CC(C)(C)CC3=O)OC3=C2C(=O)CC(C)(C)C3)cc1. The van der Waals surface area contributed by atoms with Crippen molar-refractivity contribution in [2.45, 2.75) is 72.8 Å². The van der Waals surface area contributed by atoms with Crippen molar-refractivity contribution in [3.63, 3.8) is 0 Å². The van der Waals surface area contributed by atoms with Crippen molar-refractivity contribution in [3.05, 3.63) is 84.7 Å². The van der Waals surface area contributed by atoms with Gasteiger partial charge in [0.25, 0.3) is 0 Å². The lowest BCUT2D eigenvalue weighted by molar-refractivity contribution is -0.120. The third-order valence-electron chi connectivity index (χ3n) is 7.43. The monoisotopic (exact) mass is 626 g/mol. The van der Waals surface area contributed by atoms with Gasteiger partial charge >= 0.3 is 0 Å². The molecular formula is C31H32Br2O4. The van der Waals surface area contributed by atoms with Crippen LogP contribution in [-0.2, 0) is 20.9 Å². The average Bonchev–Trinajstić information content (AvgIpc) is 2.76. The van der Waals surface area contributed by atoms with Crippen molar-refractivity contribution in [2.75, 3.05) is 0 Å². The van der Waals surface area contributed by atoms with E-state index in [1.807, 2.05) is 12.1 Å². The van der Waals surface area contributed by atoms with Crippen molar-refractivity contribution in [1.82, 2.24) is 0 Å². The van der Waals surface area contributed by atoms with Crippen LogP contribution in [0.3, 0.4) is 0 Å². The van der Waals surface area contributed by atoms with Gasteiger partial charge in [-0.25, -0.2) is 0 Å². The number of ether oxygens (including phenoxy) is 2. The molecule has 0 N–H and O–H groups in total. The van der Waals surface area contributed by atoms with Crippen molar-refractivity contribution >= 4 is 43.4 Å². The molecule has 2 aromatic carbocycles. The van der Waals surface area contributed by atoms with Crippen molar-refractivity contribution in [2.24, 2.45) is 10.8 Å². The zero-order valence-corrected chi connectivity index (χ0v) is 25.1. The fraction of sp³-hybridized carbons (Fsp3) is 0.419. The third-order valence-corrected chi connectivity index (χ3v) is 8.48. The van der Waals surface area contributed by atoms with Crippen LogP contribution in [0.2, 0.25) is 0 Å². The average molecular weight is 628 g/mol. The van der Waals surface area contributed by atoms with Gasteiger partial charge in [0.1, 0.15) is 23.9 Å². The quantitative estimate of drug-likeness (QED) is 0.341. The van der Waals surface area contributed by atoms with Crippen LogP contribution in [0, 0.1) is 17.8 Å². The van der Waals surface area contributed by atoms with Crippen molar-refractivity contribution < 1.29 is 19.1 Å². The van der Waals surface area contributed by atoms with Crippen molar-refractivity contribution in [3.8, 4) is 5.75 Å². The van der Waals surface area contributed by atoms with E-state index >= 15 is 0 Å². The molecule has 0 saturated heterocycles. The summed E-state index contributed by atoms with van der Waals surface area (Å²) in [6.45, 7) is 10.8. The van der Waals surface area contributed by atoms with Crippen LogP contribution in [0.1, 0.15) is 76.0 Å². The van der Waals surface area contributed by atoms with E-state index < -0.39 is 5.92 Å². The fourth-order valence-electron chi connectivity index (χ4n) is 5.77. The predicted octanol–water partition coefficient (Wildman–Crippen LogP) is 8.50. The van der Waals surface area contributed by atoms with Crippen LogP contribution in [-0.4, -0.2) is 11.6 Å². The van der Waals surface area contributed by atoms with Gasteiger partial charge in [0, 0.05) is 46.9 Å². The number of hydrogen-bond acceptors (Lipinski definition) is 4. The van der Waals surface area contributed by atoms with Gasteiger partial charge in [0.2, 0.25) is 0 Å². The van der Waals surface area contributed by atoms with E-state index in [1.165, 1.54) is 5.56 Å². The standard InChI is InChI=1S/C31H32Br2O4/c1-17-6-8-18(9-7-17)16-36-29-20(10-19(32)11-21(29)33)26-27-22(34)12-30(2,3)14-24(27)37-25-15-31(4,5)13-23(35)28(25)26/h6-11,26H,12-16H2,1-5H3. The van der Waals surface area contributed by atoms with E-state index in [0.29, 0.717) is 60.7 Å². The van der Waals surface area contributed by atoms with Crippen LogP contribution >= 0.6 is 31.9 Å². The molecule has 2 aliphatic carbocycles. The highest BCUT2D eigenvalue weighted by molar-refractivity contribution is 9.11. The minimum atomic E-state index is -0.521. The smallest absolute Gasteiger partial charge is 0.163 e. The Morgan fingerprint density at radius 2 is 1.41 bits per heavy atom.